The predicted octanol–water partition coefficient (Wildman–Crippen LogP) is 4.48. The number of fused-ring (bicyclic) bond motifs is 2. The summed E-state index contributed by atoms with van der Waals surface area (Å²) in [6, 6.07) is 6.62. The number of nitrogens with zero attached hydrogens (tertiary/aromatic N) is 3. The Balaban J connectivity index is 1.66. The second-order valence-electron chi connectivity index (χ2n) is 7.90. The first kappa shape index (κ1) is 18.3. The van der Waals surface area contributed by atoms with E-state index in [1.54, 1.807) is 24.3 Å². The lowest BCUT2D eigenvalue weighted by Gasteiger charge is -2.47. The summed E-state index contributed by atoms with van der Waals surface area (Å²) in [7, 11) is 0. The molecule has 0 spiro atoms. The van der Waals surface area contributed by atoms with E-state index in [4.69, 9.17) is 0 Å². The van der Waals surface area contributed by atoms with Crippen LogP contribution in [0.5, 0.6) is 0 Å². The molecule has 1 aromatic heterocycles. The summed E-state index contributed by atoms with van der Waals surface area (Å²) in [6.45, 7) is 2.49. The molecule has 2 aliphatic rings. The molecule has 1 aliphatic heterocycles. The molecule has 4 rings (SSSR count). The number of piperidine rings is 1. The number of halogens is 3. The van der Waals surface area contributed by atoms with Crippen molar-refractivity contribution in [3.05, 3.63) is 30.1 Å². The molecule has 1 aliphatic carbocycles. The van der Waals surface area contributed by atoms with Crippen molar-refractivity contribution in [3.8, 4) is 0 Å². The minimum atomic E-state index is -4.60. The number of carbonyl (C=O) groups excluding carboxylic acids is 1. The molecule has 2 fully saturated rings. The smallest absolute Gasteiger partial charge is 0.338 e. The number of aromatic nitrogens is 2. The molecule has 2 aromatic rings. The van der Waals surface area contributed by atoms with Crippen molar-refractivity contribution in [3.63, 3.8) is 0 Å². The van der Waals surface area contributed by atoms with Gasteiger partial charge in [0.25, 0.3) is 0 Å². The van der Waals surface area contributed by atoms with Gasteiger partial charge in [0, 0.05) is 12.6 Å². The Labute approximate surface area is 156 Å². The van der Waals surface area contributed by atoms with Crippen molar-refractivity contribution in [1.82, 2.24) is 14.5 Å². The van der Waals surface area contributed by atoms with E-state index >= 15 is 0 Å². The predicted molar refractivity (Wildman–Crippen MR) is 96.0 cm³/mol. The third-order valence-corrected chi connectivity index (χ3v) is 6.16. The average Bonchev–Trinajstić information content (AvgIpc) is 3.00. The maximum atomic E-state index is 13.5. The van der Waals surface area contributed by atoms with E-state index in [0.29, 0.717) is 23.9 Å². The van der Waals surface area contributed by atoms with Crippen LogP contribution in [0, 0.1) is 11.8 Å². The first-order chi connectivity index (χ1) is 12.9. The lowest BCUT2D eigenvalue weighted by Crippen LogP contribution is -2.53. The van der Waals surface area contributed by atoms with Crippen LogP contribution >= 0.6 is 0 Å². The van der Waals surface area contributed by atoms with Crippen LogP contribution in [0.15, 0.2) is 24.3 Å². The molecule has 0 radical (unpaired) electrons. The van der Waals surface area contributed by atoms with Gasteiger partial charge in [-0.2, -0.15) is 13.2 Å². The molecule has 1 saturated heterocycles. The molecular weight excluding hydrogens is 355 g/mol. The first-order valence-electron chi connectivity index (χ1n) is 9.68. The van der Waals surface area contributed by atoms with Crippen molar-refractivity contribution in [2.75, 3.05) is 6.54 Å². The Kier molecular flexibility index (Phi) is 4.64. The highest BCUT2D eigenvalue weighted by Crippen LogP contribution is 2.39. The largest absolute Gasteiger partial charge is 0.449 e. The third kappa shape index (κ3) is 3.32. The van der Waals surface area contributed by atoms with Gasteiger partial charge in [0.05, 0.1) is 11.0 Å². The van der Waals surface area contributed by atoms with Crippen LogP contribution in [-0.2, 0) is 17.5 Å². The maximum Gasteiger partial charge on any atom is 0.449 e. The van der Waals surface area contributed by atoms with Crippen molar-refractivity contribution < 1.29 is 18.0 Å². The number of benzene rings is 1. The number of likely N-dealkylation sites (tertiary alicyclic amines) is 1. The Morgan fingerprint density at radius 2 is 1.93 bits per heavy atom. The van der Waals surface area contributed by atoms with Crippen LogP contribution in [0.2, 0.25) is 0 Å². The Morgan fingerprint density at radius 3 is 2.70 bits per heavy atom. The molecule has 1 amide bonds. The summed E-state index contributed by atoms with van der Waals surface area (Å²) in [5.74, 6) is -0.350. The normalized spacial score (nSPS) is 26.2. The molecule has 1 aromatic carbocycles. The SMILES string of the molecule is C[C@@H]1CCC[C@@H]2CCCN(C(=O)Cn3c(C(F)(F)F)nc4ccccc43)[C@@H]21. The fourth-order valence-electron chi connectivity index (χ4n) is 5.03. The van der Waals surface area contributed by atoms with Gasteiger partial charge in [-0.3, -0.25) is 4.79 Å². The van der Waals surface area contributed by atoms with Crippen LogP contribution in [-0.4, -0.2) is 32.9 Å². The van der Waals surface area contributed by atoms with Gasteiger partial charge in [0.15, 0.2) is 0 Å². The molecule has 7 heteroatoms. The van der Waals surface area contributed by atoms with Gasteiger partial charge in [0.2, 0.25) is 11.7 Å². The summed E-state index contributed by atoms with van der Waals surface area (Å²) in [5, 5.41) is 0. The quantitative estimate of drug-likeness (QED) is 0.772. The Morgan fingerprint density at radius 1 is 1.19 bits per heavy atom. The highest BCUT2D eigenvalue weighted by molar-refractivity contribution is 5.81. The minimum absolute atomic E-state index is 0.157. The molecule has 27 heavy (non-hydrogen) atoms. The van der Waals surface area contributed by atoms with Crippen LogP contribution in [0.4, 0.5) is 13.2 Å². The van der Waals surface area contributed by atoms with E-state index in [1.807, 2.05) is 4.90 Å². The molecule has 2 heterocycles. The number of hydrogen-bond acceptors (Lipinski definition) is 2. The molecule has 146 valence electrons. The van der Waals surface area contributed by atoms with E-state index in [2.05, 4.69) is 11.9 Å². The highest BCUT2D eigenvalue weighted by Gasteiger charge is 2.41. The molecule has 3 atom stereocenters. The Bertz CT molecular complexity index is 843. The first-order valence-corrected chi connectivity index (χ1v) is 9.68. The minimum Gasteiger partial charge on any atom is -0.338 e. The molecular formula is C20H24F3N3O. The fraction of sp³-hybridized carbons (Fsp3) is 0.600. The lowest BCUT2D eigenvalue weighted by molar-refractivity contribution is -0.149. The van der Waals surface area contributed by atoms with Crippen LogP contribution < -0.4 is 0 Å². The van der Waals surface area contributed by atoms with Gasteiger partial charge >= 0.3 is 6.18 Å². The zero-order valence-corrected chi connectivity index (χ0v) is 15.4. The molecule has 0 bridgehead atoms. The van der Waals surface area contributed by atoms with Crippen molar-refractivity contribution in [1.29, 1.82) is 0 Å². The van der Waals surface area contributed by atoms with Gasteiger partial charge < -0.3 is 9.47 Å². The number of imidazole rings is 1. The van der Waals surface area contributed by atoms with Gasteiger partial charge in [-0.15, -0.1) is 0 Å². The third-order valence-electron chi connectivity index (χ3n) is 6.16. The number of carbonyl (C=O) groups is 1. The van der Waals surface area contributed by atoms with Crippen molar-refractivity contribution >= 4 is 16.9 Å². The zero-order chi connectivity index (χ0) is 19.2. The lowest BCUT2D eigenvalue weighted by atomic mass is 9.73. The molecule has 0 unspecified atom stereocenters. The molecule has 1 saturated carbocycles. The maximum absolute atomic E-state index is 13.5. The second-order valence-corrected chi connectivity index (χ2v) is 7.90. The topological polar surface area (TPSA) is 38.1 Å². The van der Waals surface area contributed by atoms with Gasteiger partial charge in [-0.25, -0.2) is 4.98 Å². The summed E-state index contributed by atoms with van der Waals surface area (Å²) >= 11 is 0. The Hall–Kier alpha value is -2.05. The number of amides is 1. The second kappa shape index (κ2) is 6.84. The number of rotatable bonds is 2. The monoisotopic (exact) mass is 379 g/mol. The fourth-order valence-corrected chi connectivity index (χ4v) is 5.03. The molecule has 4 nitrogen and oxygen atoms in total. The zero-order valence-electron chi connectivity index (χ0n) is 15.4. The number of para-hydroxylation sites is 2. The van der Waals surface area contributed by atoms with E-state index in [-0.39, 0.29) is 24.0 Å². The average molecular weight is 379 g/mol. The summed E-state index contributed by atoms with van der Waals surface area (Å²) < 4.78 is 41.5. The van der Waals surface area contributed by atoms with Gasteiger partial charge in [-0.1, -0.05) is 25.5 Å². The highest BCUT2D eigenvalue weighted by atomic mass is 19.4. The summed E-state index contributed by atoms with van der Waals surface area (Å²) in [5.41, 5.74) is 0.614. The van der Waals surface area contributed by atoms with Crippen LogP contribution in [0.1, 0.15) is 44.9 Å². The van der Waals surface area contributed by atoms with Gasteiger partial charge in [-0.05, 0) is 49.7 Å². The van der Waals surface area contributed by atoms with E-state index in [0.717, 1.165) is 30.3 Å². The summed E-state index contributed by atoms with van der Waals surface area (Å²) in [6.07, 6.45) is 0.807. The summed E-state index contributed by atoms with van der Waals surface area (Å²) in [4.78, 5) is 18.7. The van der Waals surface area contributed by atoms with E-state index in [1.165, 1.54) is 6.42 Å². The van der Waals surface area contributed by atoms with Crippen molar-refractivity contribution in [2.45, 2.75) is 57.8 Å². The van der Waals surface area contributed by atoms with E-state index < -0.39 is 12.0 Å². The number of hydrogen-bond donors (Lipinski definition) is 0. The molecule has 0 N–H and O–H groups in total. The van der Waals surface area contributed by atoms with Crippen LogP contribution in [0.25, 0.3) is 11.0 Å². The van der Waals surface area contributed by atoms with Crippen LogP contribution in [0.3, 0.4) is 0 Å². The number of alkyl halides is 3. The van der Waals surface area contributed by atoms with E-state index in [9.17, 15) is 18.0 Å². The van der Waals surface area contributed by atoms with Gasteiger partial charge in [0.1, 0.15) is 6.54 Å². The standard InChI is InChI=1S/C20H24F3N3O/c1-13-6-4-7-14-8-5-11-25(18(13)14)17(27)12-26-16-10-3-2-9-15(16)24-19(26)20(21,22)23/h2-3,9-10,13-14,18H,4-8,11-12H2,1H3/t13-,14-,18-/m1/s1. The van der Waals surface area contributed by atoms with Crippen molar-refractivity contribution in [2.24, 2.45) is 11.8 Å².